The van der Waals surface area contributed by atoms with E-state index in [-0.39, 0.29) is 0 Å². The summed E-state index contributed by atoms with van der Waals surface area (Å²) in [6.45, 7) is 6.68. The van der Waals surface area contributed by atoms with Gasteiger partial charge in [-0.2, -0.15) is 0 Å². The third kappa shape index (κ3) is 6.64. The lowest BCUT2D eigenvalue weighted by molar-refractivity contribution is 0.0574. The lowest BCUT2D eigenvalue weighted by Crippen LogP contribution is -2.09. The minimum Gasteiger partial charge on any atom is -0.308 e. The van der Waals surface area contributed by atoms with Crippen LogP contribution in [0.15, 0.2) is 66.9 Å². The van der Waals surface area contributed by atoms with Crippen molar-refractivity contribution in [3.05, 3.63) is 83.6 Å². The normalized spacial score (nSPS) is 13.0. The van der Waals surface area contributed by atoms with Gasteiger partial charge in [0.15, 0.2) is 0 Å². The molecule has 0 heterocycles. The number of benzene rings is 2. The standard InChI is InChI=1S/C21H28NO4P/c1-4-25-27(23,26-5-2)21(20-13-11-18(3)12-14-20)15-16-22-24-17-19-9-7-6-8-10-19/h6-16,21-22H,4-5,17H2,1-3H3. The summed E-state index contributed by atoms with van der Waals surface area (Å²) in [5.74, 6) is 0. The first-order valence-corrected chi connectivity index (χ1v) is 10.7. The maximum atomic E-state index is 13.3. The third-order valence-corrected chi connectivity index (χ3v) is 6.28. The van der Waals surface area contributed by atoms with Gasteiger partial charge >= 0.3 is 7.60 Å². The van der Waals surface area contributed by atoms with Gasteiger partial charge in [0.1, 0.15) is 5.66 Å². The summed E-state index contributed by atoms with van der Waals surface area (Å²) in [6.07, 6.45) is 3.40. The van der Waals surface area contributed by atoms with Crippen LogP contribution in [0.2, 0.25) is 0 Å². The molecule has 0 bridgehead atoms. The molecular weight excluding hydrogens is 361 g/mol. The average molecular weight is 389 g/mol. The van der Waals surface area contributed by atoms with Gasteiger partial charge in [0.05, 0.1) is 19.8 Å². The van der Waals surface area contributed by atoms with Gasteiger partial charge in [-0.25, -0.2) is 0 Å². The molecule has 6 heteroatoms. The number of rotatable bonds is 11. The molecule has 2 rings (SSSR count). The maximum absolute atomic E-state index is 13.3. The number of hydrogen-bond donors (Lipinski definition) is 1. The molecule has 0 amide bonds. The van der Waals surface area contributed by atoms with Crippen LogP contribution < -0.4 is 5.48 Å². The van der Waals surface area contributed by atoms with Crippen LogP contribution in [0.1, 0.15) is 36.2 Å². The van der Waals surface area contributed by atoms with Crippen molar-refractivity contribution in [3.8, 4) is 0 Å². The second-order valence-corrected chi connectivity index (χ2v) is 8.13. The molecule has 0 fully saturated rings. The molecular formula is C21H28NO4P. The number of hydrogen-bond acceptors (Lipinski definition) is 5. The third-order valence-electron chi connectivity index (χ3n) is 3.89. The fourth-order valence-corrected chi connectivity index (χ4v) is 4.55. The Morgan fingerprint density at radius 3 is 2.22 bits per heavy atom. The highest BCUT2D eigenvalue weighted by molar-refractivity contribution is 7.54. The van der Waals surface area contributed by atoms with Gasteiger partial charge in [-0.15, -0.1) is 0 Å². The predicted octanol–water partition coefficient (Wildman–Crippen LogP) is 5.54. The average Bonchev–Trinajstić information content (AvgIpc) is 2.67. The lowest BCUT2D eigenvalue weighted by Gasteiger charge is -2.24. The molecule has 146 valence electrons. The van der Waals surface area contributed by atoms with E-state index in [9.17, 15) is 4.57 Å². The molecule has 0 radical (unpaired) electrons. The van der Waals surface area contributed by atoms with Crippen LogP contribution in [-0.2, 0) is 25.1 Å². The summed E-state index contributed by atoms with van der Waals surface area (Å²) in [6, 6.07) is 17.7. The van der Waals surface area contributed by atoms with Gasteiger partial charge < -0.3 is 9.05 Å². The Morgan fingerprint density at radius 1 is 1.00 bits per heavy atom. The Kier molecular flexibility index (Phi) is 8.76. The minimum absolute atomic E-state index is 0.311. The molecule has 0 aliphatic rings. The molecule has 2 aromatic carbocycles. The Balaban J connectivity index is 2.11. The molecule has 0 saturated carbocycles. The van der Waals surface area contributed by atoms with E-state index in [0.717, 1.165) is 16.7 Å². The molecule has 0 spiro atoms. The van der Waals surface area contributed by atoms with E-state index in [2.05, 4.69) is 5.48 Å². The first kappa shape index (κ1) is 21.4. The number of allylic oxidation sites excluding steroid dienone is 1. The van der Waals surface area contributed by atoms with E-state index in [4.69, 9.17) is 13.9 Å². The highest BCUT2D eigenvalue weighted by Crippen LogP contribution is 2.61. The second kappa shape index (κ2) is 11.1. The summed E-state index contributed by atoms with van der Waals surface area (Å²) in [7, 11) is -3.36. The van der Waals surface area contributed by atoms with Gasteiger partial charge in [-0.1, -0.05) is 60.2 Å². The van der Waals surface area contributed by atoms with E-state index in [0.29, 0.717) is 19.8 Å². The van der Waals surface area contributed by atoms with Crippen LogP contribution >= 0.6 is 7.60 Å². The fraction of sp³-hybridized carbons (Fsp3) is 0.333. The van der Waals surface area contributed by atoms with Crippen LogP contribution in [0.5, 0.6) is 0 Å². The van der Waals surface area contributed by atoms with Gasteiger partial charge in [0, 0.05) is 6.20 Å². The van der Waals surface area contributed by atoms with Crippen molar-refractivity contribution in [1.82, 2.24) is 5.48 Å². The Bertz CT molecular complexity index is 737. The summed E-state index contributed by atoms with van der Waals surface area (Å²) < 4.78 is 24.4. The smallest absolute Gasteiger partial charge is 0.308 e. The molecule has 0 aliphatic carbocycles. The number of hydroxylamine groups is 1. The van der Waals surface area contributed by atoms with Crippen molar-refractivity contribution in [3.63, 3.8) is 0 Å². The van der Waals surface area contributed by atoms with E-state index in [1.54, 1.807) is 12.3 Å². The Hall–Kier alpha value is -1.91. The van der Waals surface area contributed by atoms with E-state index in [1.165, 1.54) is 0 Å². The van der Waals surface area contributed by atoms with Crippen molar-refractivity contribution in [2.24, 2.45) is 0 Å². The number of aryl methyl sites for hydroxylation is 1. The van der Waals surface area contributed by atoms with Crippen LogP contribution in [0.3, 0.4) is 0 Å². The molecule has 2 aromatic rings. The highest BCUT2D eigenvalue weighted by Gasteiger charge is 2.35. The number of nitrogens with one attached hydrogen (secondary N) is 1. The summed E-state index contributed by atoms with van der Waals surface area (Å²) in [5.41, 5.74) is 5.33. The first-order valence-electron chi connectivity index (χ1n) is 9.12. The van der Waals surface area contributed by atoms with Crippen molar-refractivity contribution < 1.29 is 18.5 Å². The molecule has 27 heavy (non-hydrogen) atoms. The van der Waals surface area contributed by atoms with Crippen LogP contribution in [0.25, 0.3) is 0 Å². The largest absolute Gasteiger partial charge is 0.341 e. The molecule has 5 nitrogen and oxygen atoms in total. The van der Waals surface area contributed by atoms with Crippen LogP contribution in [0, 0.1) is 6.92 Å². The Labute approximate surface area is 161 Å². The van der Waals surface area contributed by atoms with Gasteiger partial charge in [0.2, 0.25) is 0 Å². The Morgan fingerprint density at radius 2 is 1.63 bits per heavy atom. The van der Waals surface area contributed by atoms with E-state index in [1.807, 2.05) is 75.4 Å². The van der Waals surface area contributed by atoms with Crippen molar-refractivity contribution in [2.75, 3.05) is 13.2 Å². The highest BCUT2D eigenvalue weighted by atomic mass is 31.2. The van der Waals surface area contributed by atoms with E-state index < -0.39 is 13.3 Å². The van der Waals surface area contributed by atoms with Crippen LogP contribution in [-0.4, -0.2) is 13.2 Å². The molecule has 0 aliphatic heterocycles. The van der Waals surface area contributed by atoms with Crippen LogP contribution in [0.4, 0.5) is 0 Å². The molecule has 1 unspecified atom stereocenters. The lowest BCUT2D eigenvalue weighted by atomic mass is 10.1. The zero-order chi connectivity index (χ0) is 19.5. The molecule has 1 atom stereocenters. The monoisotopic (exact) mass is 389 g/mol. The molecule has 0 aromatic heterocycles. The molecule has 1 N–H and O–H groups in total. The zero-order valence-electron chi connectivity index (χ0n) is 16.1. The van der Waals surface area contributed by atoms with E-state index >= 15 is 0 Å². The first-order chi connectivity index (χ1) is 13.1. The van der Waals surface area contributed by atoms with Gasteiger partial charge in [0.25, 0.3) is 0 Å². The second-order valence-electron chi connectivity index (χ2n) is 5.98. The SMILES string of the molecule is CCOP(=O)(OCC)C(C=CNOCc1ccccc1)c1ccc(C)cc1. The van der Waals surface area contributed by atoms with Crippen molar-refractivity contribution >= 4 is 7.60 Å². The van der Waals surface area contributed by atoms with Gasteiger partial charge in [-0.05, 0) is 38.0 Å². The maximum Gasteiger partial charge on any atom is 0.341 e. The van der Waals surface area contributed by atoms with Gasteiger partial charge in [-0.3, -0.25) is 14.9 Å². The quantitative estimate of drug-likeness (QED) is 0.311. The summed E-state index contributed by atoms with van der Waals surface area (Å²) in [4.78, 5) is 5.45. The topological polar surface area (TPSA) is 56.8 Å². The van der Waals surface area contributed by atoms with Crippen molar-refractivity contribution in [2.45, 2.75) is 33.0 Å². The zero-order valence-corrected chi connectivity index (χ0v) is 17.0. The minimum atomic E-state index is -3.36. The summed E-state index contributed by atoms with van der Waals surface area (Å²) in [5, 5.41) is 0. The van der Waals surface area contributed by atoms with Crippen molar-refractivity contribution in [1.29, 1.82) is 0 Å². The molecule has 0 saturated heterocycles. The predicted molar refractivity (Wildman–Crippen MR) is 108 cm³/mol. The fourth-order valence-electron chi connectivity index (χ4n) is 2.60. The summed E-state index contributed by atoms with van der Waals surface area (Å²) >= 11 is 0.